The van der Waals surface area contributed by atoms with Crippen molar-refractivity contribution in [3.63, 3.8) is 0 Å². The van der Waals surface area contributed by atoms with Crippen LogP contribution in [0.15, 0.2) is 95.4 Å². The molecule has 6 aromatic rings. The maximum absolute atomic E-state index is 6.04. The molecule has 0 aliphatic rings. The third-order valence-corrected chi connectivity index (χ3v) is 5.37. The number of rotatable bonds is 3. The van der Waals surface area contributed by atoms with Gasteiger partial charge in [0.2, 0.25) is 0 Å². The van der Waals surface area contributed by atoms with Gasteiger partial charge in [0.05, 0.1) is 0 Å². The van der Waals surface area contributed by atoms with E-state index < -0.39 is 0 Å². The zero-order chi connectivity index (χ0) is 20.8. The lowest BCUT2D eigenvalue weighted by Gasteiger charge is -2.04. The van der Waals surface area contributed by atoms with Crippen molar-refractivity contribution in [3.8, 4) is 33.8 Å². The summed E-state index contributed by atoms with van der Waals surface area (Å²) >= 11 is 0. The van der Waals surface area contributed by atoms with Gasteiger partial charge in [-0.15, -0.1) is 0 Å². The Balaban J connectivity index is 1.60. The van der Waals surface area contributed by atoms with E-state index in [1.807, 2.05) is 71.2 Å². The zero-order valence-corrected chi connectivity index (χ0v) is 16.9. The summed E-state index contributed by atoms with van der Waals surface area (Å²) in [5.41, 5.74) is 7.18. The summed E-state index contributed by atoms with van der Waals surface area (Å²) in [4.78, 5) is 9.53. The normalized spacial score (nSPS) is 11.4. The fourth-order valence-corrected chi connectivity index (χ4v) is 3.80. The Hall–Kier alpha value is -4.25. The molecular weight excluding hydrogens is 384 g/mol. The molecule has 0 aliphatic carbocycles. The number of aromatic nitrogens is 4. The summed E-state index contributed by atoms with van der Waals surface area (Å²) in [5.74, 6) is 1.25. The standard InChI is InChI=1S/C26H18N4O/c1-17-12-14-18(15-13-17)22-16-21-25(31-22)28-26-27-23(19-8-4-2-5-9-19)24(30(26)29-21)20-10-6-3-7-11-20/h2-16H,1H3. The Morgan fingerprint density at radius 1 is 0.710 bits per heavy atom. The Labute approximate surface area is 178 Å². The van der Waals surface area contributed by atoms with Gasteiger partial charge in [-0.25, -0.2) is 4.98 Å². The summed E-state index contributed by atoms with van der Waals surface area (Å²) in [6.45, 7) is 2.07. The molecular formula is C26H18N4O. The first-order valence-electron chi connectivity index (χ1n) is 10.1. The minimum Gasteiger partial charge on any atom is -0.436 e. The van der Waals surface area contributed by atoms with E-state index in [1.54, 1.807) is 0 Å². The highest BCUT2D eigenvalue weighted by Crippen LogP contribution is 2.33. The van der Waals surface area contributed by atoms with Crippen molar-refractivity contribution >= 4 is 17.0 Å². The molecule has 3 heterocycles. The second-order valence-electron chi connectivity index (χ2n) is 7.53. The van der Waals surface area contributed by atoms with Gasteiger partial charge in [-0.05, 0) is 6.92 Å². The maximum Gasteiger partial charge on any atom is 0.255 e. The van der Waals surface area contributed by atoms with Crippen LogP contribution in [0.1, 0.15) is 5.56 Å². The fraction of sp³-hybridized carbons (Fsp3) is 0.0385. The van der Waals surface area contributed by atoms with Crippen LogP contribution in [0.3, 0.4) is 0 Å². The summed E-state index contributed by atoms with van der Waals surface area (Å²) in [6, 6.07) is 30.4. The predicted octanol–water partition coefficient (Wildman–Crippen LogP) is 6.18. The van der Waals surface area contributed by atoms with Crippen molar-refractivity contribution in [2.75, 3.05) is 0 Å². The van der Waals surface area contributed by atoms with E-state index in [1.165, 1.54) is 5.56 Å². The quantitative estimate of drug-likeness (QED) is 0.355. The van der Waals surface area contributed by atoms with Crippen molar-refractivity contribution in [2.24, 2.45) is 0 Å². The molecule has 148 valence electrons. The largest absolute Gasteiger partial charge is 0.436 e. The third-order valence-electron chi connectivity index (χ3n) is 5.37. The van der Waals surface area contributed by atoms with Gasteiger partial charge in [0, 0.05) is 22.8 Å². The second-order valence-corrected chi connectivity index (χ2v) is 7.53. The highest BCUT2D eigenvalue weighted by molar-refractivity contribution is 5.83. The zero-order valence-electron chi connectivity index (χ0n) is 16.9. The molecule has 5 nitrogen and oxygen atoms in total. The van der Waals surface area contributed by atoms with Gasteiger partial charge >= 0.3 is 0 Å². The Morgan fingerprint density at radius 2 is 1.39 bits per heavy atom. The van der Waals surface area contributed by atoms with Gasteiger partial charge in [0.15, 0.2) is 5.52 Å². The smallest absolute Gasteiger partial charge is 0.255 e. The van der Waals surface area contributed by atoms with Gasteiger partial charge in [0.1, 0.15) is 17.1 Å². The number of nitrogens with zero attached hydrogens (tertiary/aromatic N) is 4. The van der Waals surface area contributed by atoms with Crippen LogP contribution in [-0.4, -0.2) is 19.6 Å². The number of hydrogen-bond donors (Lipinski definition) is 0. The van der Waals surface area contributed by atoms with Gasteiger partial charge in [-0.3, -0.25) is 0 Å². The van der Waals surface area contributed by atoms with E-state index in [9.17, 15) is 0 Å². The van der Waals surface area contributed by atoms with Crippen molar-refractivity contribution < 1.29 is 4.42 Å². The second kappa shape index (κ2) is 6.92. The number of aryl methyl sites for hydroxylation is 1. The average Bonchev–Trinajstić information content (AvgIpc) is 3.40. The first-order valence-corrected chi connectivity index (χ1v) is 10.1. The van der Waals surface area contributed by atoms with Crippen LogP contribution >= 0.6 is 0 Å². The van der Waals surface area contributed by atoms with Crippen LogP contribution in [0.25, 0.3) is 50.8 Å². The molecule has 3 aromatic carbocycles. The molecule has 0 spiro atoms. The van der Waals surface area contributed by atoms with Crippen molar-refractivity contribution in [1.82, 2.24) is 19.6 Å². The number of imidazole rings is 1. The maximum atomic E-state index is 6.04. The molecule has 3 aromatic heterocycles. The van der Waals surface area contributed by atoms with Crippen LogP contribution in [0.4, 0.5) is 0 Å². The lowest BCUT2D eigenvalue weighted by Crippen LogP contribution is -1.96. The molecule has 31 heavy (non-hydrogen) atoms. The van der Waals surface area contributed by atoms with Crippen LogP contribution in [0.5, 0.6) is 0 Å². The minimum absolute atomic E-state index is 0.479. The first kappa shape index (κ1) is 17.6. The minimum atomic E-state index is 0.479. The molecule has 0 unspecified atom stereocenters. The number of benzene rings is 3. The van der Waals surface area contributed by atoms with Gasteiger partial charge in [-0.1, -0.05) is 90.5 Å². The van der Waals surface area contributed by atoms with E-state index in [0.29, 0.717) is 17.0 Å². The van der Waals surface area contributed by atoms with Crippen molar-refractivity contribution in [2.45, 2.75) is 6.92 Å². The van der Waals surface area contributed by atoms with E-state index in [-0.39, 0.29) is 0 Å². The average molecular weight is 402 g/mol. The first-order chi connectivity index (χ1) is 15.3. The molecule has 0 saturated heterocycles. The van der Waals surface area contributed by atoms with Crippen LogP contribution < -0.4 is 0 Å². The molecule has 0 radical (unpaired) electrons. The number of hydrogen-bond acceptors (Lipinski definition) is 4. The highest BCUT2D eigenvalue weighted by Gasteiger charge is 2.20. The summed E-state index contributed by atoms with van der Waals surface area (Å²) in [7, 11) is 0. The van der Waals surface area contributed by atoms with E-state index in [2.05, 4.69) is 31.2 Å². The fourth-order valence-electron chi connectivity index (χ4n) is 3.80. The Bertz CT molecular complexity index is 1510. The molecule has 0 aliphatic heterocycles. The van der Waals surface area contributed by atoms with Gasteiger partial charge in [0.25, 0.3) is 11.5 Å². The Kier molecular flexibility index (Phi) is 3.93. The monoisotopic (exact) mass is 402 g/mol. The summed E-state index contributed by atoms with van der Waals surface area (Å²) in [6.07, 6.45) is 0. The van der Waals surface area contributed by atoms with Gasteiger partial charge < -0.3 is 4.42 Å². The van der Waals surface area contributed by atoms with Crippen LogP contribution in [0, 0.1) is 6.92 Å². The predicted molar refractivity (Wildman–Crippen MR) is 122 cm³/mol. The van der Waals surface area contributed by atoms with E-state index in [4.69, 9.17) is 19.5 Å². The number of furan rings is 1. The van der Waals surface area contributed by atoms with E-state index >= 15 is 0 Å². The molecule has 0 saturated carbocycles. The summed E-state index contributed by atoms with van der Waals surface area (Å²) in [5, 5.41) is 4.86. The molecule has 0 amide bonds. The lowest BCUT2D eigenvalue weighted by atomic mass is 10.1. The third kappa shape index (κ3) is 2.99. The Morgan fingerprint density at radius 3 is 2.10 bits per heavy atom. The van der Waals surface area contributed by atoms with Gasteiger partial charge in [-0.2, -0.15) is 14.6 Å². The van der Waals surface area contributed by atoms with Crippen LogP contribution in [0.2, 0.25) is 0 Å². The molecule has 0 bridgehead atoms. The highest BCUT2D eigenvalue weighted by atomic mass is 16.3. The molecule has 0 atom stereocenters. The number of fused-ring (bicyclic) bond motifs is 2. The lowest BCUT2D eigenvalue weighted by molar-refractivity contribution is 0.616. The topological polar surface area (TPSA) is 56.2 Å². The van der Waals surface area contributed by atoms with Crippen molar-refractivity contribution in [3.05, 3.63) is 96.6 Å². The van der Waals surface area contributed by atoms with Crippen molar-refractivity contribution in [1.29, 1.82) is 0 Å². The molecule has 0 fully saturated rings. The summed E-state index contributed by atoms with van der Waals surface area (Å²) < 4.78 is 7.85. The molecule has 0 N–H and O–H groups in total. The SMILES string of the molecule is Cc1ccc(-c2cc3nn4c(-c5ccccc5)c(-c5ccccc5)nc4nc3o2)cc1. The van der Waals surface area contributed by atoms with E-state index in [0.717, 1.165) is 33.8 Å². The molecule has 5 heteroatoms. The van der Waals surface area contributed by atoms with Crippen LogP contribution in [-0.2, 0) is 0 Å². The molecule has 6 rings (SSSR count).